The predicted octanol–water partition coefficient (Wildman–Crippen LogP) is 0.419. The third kappa shape index (κ3) is 5.16. The van der Waals surface area contributed by atoms with Crippen LogP contribution in [0, 0.1) is 0 Å². The third-order valence-corrected chi connectivity index (χ3v) is 3.24. The lowest BCUT2D eigenvalue weighted by Crippen LogP contribution is -2.41. The van der Waals surface area contributed by atoms with E-state index in [-0.39, 0.29) is 12.0 Å². The van der Waals surface area contributed by atoms with Crippen LogP contribution in [0.4, 0.5) is 0 Å². The van der Waals surface area contributed by atoms with Crippen molar-refractivity contribution in [2.45, 2.75) is 38.4 Å². The van der Waals surface area contributed by atoms with Gasteiger partial charge >= 0.3 is 5.97 Å². The van der Waals surface area contributed by atoms with Gasteiger partial charge < -0.3 is 14.7 Å². The van der Waals surface area contributed by atoms with E-state index in [2.05, 4.69) is 6.92 Å². The molecule has 1 saturated heterocycles. The summed E-state index contributed by atoms with van der Waals surface area (Å²) < 4.78 is 5.48. The molecule has 0 spiro atoms. The van der Waals surface area contributed by atoms with Crippen LogP contribution in [0.2, 0.25) is 0 Å². The maximum Gasteiger partial charge on any atom is 0.332 e. The molecule has 0 bridgehead atoms. The minimum Gasteiger partial charge on any atom is -0.479 e. The molecule has 2 atom stereocenters. The van der Waals surface area contributed by atoms with Gasteiger partial charge in [-0.25, -0.2) is 4.79 Å². The molecular weight excluding hydrogens is 248 g/mol. The van der Waals surface area contributed by atoms with Crippen LogP contribution in [-0.2, 0) is 14.3 Å². The second-order valence-corrected chi connectivity index (χ2v) is 5.19. The Morgan fingerprint density at radius 2 is 2.00 bits per heavy atom. The van der Waals surface area contributed by atoms with Crippen molar-refractivity contribution in [1.82, 2.24) is 9.80 Å². The lowest BCUT2D eigenvalue weighted by Gasteiger charge is -2.25. The van der Waals surface area contributed by atoms with E-state index in [4.69, 9.17) is 9.84 Å². The zero-order chi connectivity index (χ0) is 14.4. The highest BCUT2D eigenvalue weighted by molar-refractivity contribution is 5.77. The van der Waals surface area contributed by atoms with E-state index in [0.717, 1.165) is 19.4 Å². The fraction of sp³-hybridized carbons (Fsp3) is 0.846. The normalized spacial score (nSPS) is 22.7. The van der Waals surface area contributed by atoms with Gasteiger partial charge in [0.1, 0.15) is 0 Å². The van der Waals surface area contributed by atoms with Crippen molar-refractivity contribution in [3.05, 3.63) is 0 Å². The van der Waals surface area contributed by atoms with E-state index in [9.17, 15) is 9.59 Å². The Balaban J connectivity index is 2.45. The van der Waals surface area contributed by atoms with Crippen LogP contribution in [0.5, 0.6) is 0 Å². The molecule has 1 aliphatic rings. The Bertz CT molecular complexity index is 320. The largest absolute Gasteiger partial charge is 0.479 e. The molecule has 1 N–H and O–H groups in total. The van der Waals surface area contributed by atoms with Crippen LogP contribution in [0.1, 0.15) is 26.2 Å². The van der Waals surface area contributed by atoms with Crippen molar-refractivity contribution in [3.63, 3.8) is 0 Å². The first-order valence-corrected chi connectivity index (χ1v) is 6.74. The molecule has 1 rings (SSSR count). The number of hydrogen-bond acceptors (Lipinski definition) is 4. The molecule has 1 heterocycles. The van der Waals surface area contributed by atoms with Crippen molar-refractivity contribution < 1.29 is 19.4 Å². The average Bonchev–Trinajstić information content (AvgIpc) is 2.77. The predicted molar refractivity (Wildman–Crippen MR) is 71.0 cm³/mol. The molecular formula is C13H24N2O4. The zero-order valence-corrected chi connectivity index (χ0v) is 12.0. The van der Waals surface area contributed by atoms with Gasteiger partial charge in [-0.2, -0.15) is 0 Å². The number of carbonyl (C=O) groups excluding carboxylic acids is 1. The highest BCUT2D eigenvalue weighted by Gasteiger charge is 2.31. The molecule has 0 radical (unpaired) electrons. The summed E-state index contributed by atoms with van der Waals surface area (Å²) >= 11 is 0. The molecule has 0 aromatic heterocycles. The number of nitrogens with zero attached hydrogens (tertiary/aromatic N) is 2. The molecule has 19 heavy (non-hydrogen) atoms. The molecule has 0 saturated carbocycles. The SMILES string of the molecule is CCCN(CC(=O)N(C)C)CC1CCC(C(=O)O)O1. The number of likely N-dealkylation sites (N-methyl/N-ethyl adjacent to an activating group) is 1. The van der Waals surface area contributed by atoms with Gasteiger partial charge in [0.05, 0.1) is 12.6 Å². The summed E-state index contributed by atoms with van der Waals surface area (Å²) in [6, 6.07) is 0. The Hall–Kier alpha value is -1.14. The Morgan fingerprint density at radius 3 is 2.47 bits per heavy atom. The van der Waals surface area contributed by atoms with Gasteiger partial charge in [0, 0.05) is 20.6 Å². The highest BCUT2D eigenvalue weighted by Crippen LogP contribution is 2.20. The number of carboxylic acids is 1. The Kier molecular flexibility index (Phi) is 6.24. The Labute approximate surface area is 114 Å². The summed E-state index contributed by atoms with van der Waals surface area (Å²) in [4.78, 5) is 26.2. The minimum absolute atomic E-state index is 0.0567. The molecule has 0 aliphatic carbocycles. The summed E-state index contributed by atoms with van der Waals surface area (Å²) in [5, 5.41) is 8.89. The summed E-state index contributed by atoms with van der Waals surface area (Å²) in [6.45, 7) is 3.86. The van der Waals surface area contributed by atoms with Crippen LogP contribution in [0.25, 0.3) is 0 Å². The molecule has 0 aromatic rings. The lowest BCUT2D eigenvalue weighted by atomic mass is 10.2. The summed E-state index contributed by atoms with van der Waals surface area (Å²) in [5.41, 5.74) is 0. The Morgan fingerprint density at radius 1 is 1.32 bits per heavy atom. The molecule has 110 valence electrons. The van der Waals surface area contributed by atoms with Gasteiger partial charge in [0.2, 0.25) is 5.91 Å². The van der Waals surface area contributed by atoms with E-state index >= 15 is 0 Å². The number of amides is 1. The van der Waals surface area contributed by atoms with Crippen molar-refractivity contribution >= 4 is 11.9 Å². The topological polar surface area (TPSA) is 70.1 Å². The fourth-order valence-electron chi connectivity index (χ4n) is 2.19. The first-order valence-electron chi connectivity index (χ1n) is 6.74. The van der Waals surface area contributed by atoms with Crippen LogP contribution in [-0.4, -0.2) is 72.7 Å². The van der Waals surface area contributed by atoms with Crippen molar-refractivity contribution in [1.29, 1.82) is 0 Å². The van der Waals surface area contributed by atoms with Gasteiger partial charge in [-0.1, -0.05) is 6.92 Å². The number of aliphatic carboxylic acids is 1. The third-order valence-electron chi connectivity index (χ3n) is 3.24. The monoisotopic (exact) mass is 272 g/mol. The summed E-state index contributed by atoms with van der Waals surface area (Å²) in [6.07, 6.45) is 1.49. The van der Waals surface area contributed by atoms with Crippen LogP contribution in [0.3, 0.4) is 0 Å². The quantitative estimate of drug-likeness (QED) is 0.727. The first-order chi connectivity index (χ1) is 8.93. The van der Waals surface area contributed by atoms with Crippen molar-refractivity contribution in [3.8, 4) is 0 Å². The van der Waals surface area contributed by atoms with E-state index < -0.39 is 12.1 Å². The van der Waals surface area contributed by atoms with Crippen LogP contribution >= 0.6 is 0 Å². The second kappa shape index (κ2) is 7.45. The van der Waals surface area contributed by atoms with Gasteiger partial charge in [-0.3, -0.25) is 9.69 Å². The number of carbonyl (C=O) groups is 2. The number of rotatable bonds is 7. The molecule has 1 fully saturated rings. The average molecular weight is 272 g/mol. The molecule has 1 amide bonds. The van der Waals surface area contributed by atoms with Crippen LogP contribution < -0.4 is 0 Å². The molecule has 6 nitrogen and oxygen atoms in total. The fourth-order valence-corrected chi connectivity index (χ4v) is 2.19. The van der Waals surface area contributed by atoms with Gasteiger partial charge in [-0.05, 0) is 25.8 Å². The maximum absolute atomic E-state index is 11.7. The molecule has 0 aromatic carbocycles. The number of carboxylic acid groups (broad SMARTS) is 1. The molecule has 6 heteroatoms. The van der Waals surface area contributed by atoms with Crippen LogP contribution in [0.15, 0.2) is 0 Å². The molecule has 1 aliphatic heterocycles. The zero-order valence-electron chi connectivity index (χ0n) is 12.0. The maximum atomic E-state index is 11.7. The molecule has 2 unspecified atom stereocenters. The van der Waals surface area contributed by atoms with Crippen molar-refractivity contribution in [2.24, 2.45) is 0 Å². The van der Waals surface area contributed by atoms with Gasteiger partial charge in [0.25, 0.3) is 0 Å². The lowest BCUT2D eigenvalue weighted by molar-refractivity contribution is -0.150. The number of ether oxygens (including phenoxy) is 1. The summed E-state index contributed by atoms with van der Waals surface area (Å²) in [7, 11) is 3.47. The minimum atomic E-state index is -0.895. The van der Waals surface area contributed by atoms with Gasteiger partial charge in [-0.15, -0.1) is 0 Å². The van der Waals surface area contributed by atoms with E-state index in [1.165, 1.54) is 0 Å². The highest BCUT2D eigenvalue weighted by atomic mass is 16.5. The van der Waals surface area contributed by atoms with Gasteiger partial charge in [0.15, 0.2) is 6.10 Å². The van der Waals surface area contributed by atoms with E-state index in [1.807, 2.05) is 4.90 Å². The summed E-state index contributed by atoms with van der Waals surface area (Å²) in [5.74, 6) is -0.838. The second-order valence-electron chi connectivity index (χ2n) is 5.19. The van der Waals surface area contributed by atoms with E-state index in [0.29, 0.717) is 19.5 Å². The van der Waals surface area contributed by atoms with Crippen molar-refractivity contribution in [2.75, 3.05) is 33.7 Å². The van der Waals surface area contributed by atoms with E-state index in [1.54, 1.807) is 19.0 Å². The first kappa shape index (κ1) is 15.9. The number of hydrogen-bond donors (Lipinski definition) is 1. The standard InChI is InChI=1S/C13H24N2O4/c1-4-7-15(9-12(16)14(2)3)8-10-5-6-11(19-10)13(17)18/h10-11H,4-9H2,1-3H3,(H,17,18). The smallest absolute Gasteiger partial charge is 0.332 e.